The summed E-state index contributed by atoms with van der Waals surface area (Å²) in [5.74, 6) is 1.68. The van der Waals surface area contributed by atoms with Crippen molar-refractivity contribution in [1.29, 1.82) is 0 Å². The molecule has 1 aliphatic carbocycles. The summed E-state index contributed by atoms with van der Waals surface area (Å²) in [4.78, 5) is 4.68. The van der Waals surface area contributed by atoms with Crippen molar-refractivity contribution in [2.75, 3.05) is 13.1 Å². The molecule has 0 aliphatic heterocycles. The highest BCUT2D eigenvalue weighted by Gasteiger charge is 2.37. The molecule has 1 heterocycles. The third-order valence-corrected chi connectivity index (χ3v) is 4.41. The molecule has 1 saturated carbocycles. The molecule has 2 N–H and O–H groups in total. The summed E-state index contributed by atoms with van der Waals surface area (Å²) in [7, 11) is 1.93. The van der Waals surface area contributed by atoms with Gasteiger partial charge in [-0.3, -0.25) is 4.68 Å². The average Bonchev–Trinajstić information content (AvgIpc) is 2.84. The fourth-order valence-electron chi connectivity index (χ4n) is 3.33. The highest BCUT2D eigenvalue weighted by molar-refractivity contribution is 14.0. The van der Waals surface area contributed by atoms with Crippen LogP contribution in [0.4, 0.5) is 0 Å². The molecule has 0 saturated heterocycles. The SMILES string of the molecule is CCNC(=NCc1cnn(C)c1)NCC1(CC(C)C)CCC1.I. The van der Waals surface area contributed by atoms with Crippen LogP contribution in [-0.2, 0) is 13.6 Å². The van der Waals surface area contributed by atoms with Gasteiger partial charge in [0.15, 0.2) is 5.96 Å². The largest absolute Gasteiger partial charge is 0.357 e. The summed E-state index contributed by atoms with van der Waals surface area (Å²) in [6.07, 6.45) is 9.26. The lowest BCUT2D eigenvalue weighted by Crippen LogP contribution is -2.47. The van der Waals surface area contributed by atoms with Crippen LogP contribution in [0.3, 0.4) is 0 Å². The normalized spacial score (nSPS) is 16.7. The predicted molar refractivity (Wildman–Crippen MR) is 107 cm³/mol. The molecule has 1 aliphatic rings. The van der Waals surface area contributed by atoms with Crippen LogP contribution in [0.15, 0.2) is 17.4 Å². The fraction of sp³-hybridized carbons (Fsp3) is 0.765. The summed E-state index contributed by atoms with van der Waals surface area (Å²) in [6.45, 7) is 9.33. The van der Waals surface area contributed by atoms with Crippen LogP contribution in [0.25, 0.3) is 0 Å². The number of nitrogens with one attached hydrogen (secondary N) is 2. The molecule has 6 heteroatoms. The van der Waals surface area contributed by atoms with Crippen molar-refractivity contribution in [3.05, 3.63) is 18.0 Å². The highest BCUT2D eigenvalue weighted by Crippen LogP contribution is 2.45. The first kappa shape index (κ1) is 20.3. The number of nitrogens with zero attached hydrogens (tertiary/aromatic N) is 3. The first-order valence-electron chi connectivity index (χ1n) is 8.53. The minimum atomic E-state index is 0. The Hall–Kier alpha value is -0.790. The summed E-state index contributed by atoms with van der Waals surface area (Å²) in [6, 6.07) is 0. The van der Waals surface area contributed by atoms with E-state index in [0.717, 1.165) is 30.5 Å². The van der Waals surface area contributed by atoms with Gasteiger partial charge in [0.05, 0.1) is 12.7 Å². The van der Waals surface area contributed by atoms with E-state index in [9.17, 15) is 0 Å². The smallest absolute Gasteiger partial charge is 0.191 e. The number of hydrogen-bond acceptors (Lipinski definition) is 2. The van der Waals surface area contributed by atoms with Gasteiger partial charge in [-0.05, 0) is 37.5 Å². The lowest BCUT2D eigenvalue weighted by Gasteiger charge is -2.43. The van der Waals surface area contributed by atoms with Crippen LogP contribution in [0.1, 0.15) is 52.0 Å². The summed E-state index contributed by atoms with van der Waals surface area (Å²) in [5, 5.41) is 11.1. The molecule has 1 fully saturated rings. The molecule has 1 aromatic heterocycles. The molecule has 0 bridgehead atoms. The van der Waals surface area contributed by atoms with Crippen molar-refractivity contribution in [3.63, 3.8) is 0 Å². The third kappa shape index (κ3) is 6.31. The van der Waals surface area contributed by atoms with Crippen molar-refractivity contribution >= 4 is 29.9 Å². The van der Waals surface area contributed by atoms with E-state index in [-0.39, 0.29) is 24.0 Å². The molecule has 0 amide bonds. The van der Waals surface area contributed by atoms with E-state index in [1.54, 1.807) is 0 Å². The number of halogens is 1. The number of aromatic nitrogens is 2. The van der Waals surface area contributed by atoms with E-state index in [4.69, 9.17) is 0 Å². The highest BCUT2D eigenvalue weighted by atomic mass is 127. The van der Waals surface area contributed by atoms with E-state index in [2.05, 4.69) is 41.5 Å². The van der Waals surface area contributed by atoms with E-state index in [0.29, 0.717) is 12.0 Å². The van der Waals surface area contributed by atoms with Crippen LogP contribution in [0.2, 0.25) is 0 Å². The number of hydrogen-bond donors (Lipinski definition) is 2. The zero-order valence-corrected chi connectivity index (χ0v) is 17.3. The summed E-state index contributed by atoms with van der Waals surface area (Å²) < 4.78 is 1.82. The Bertz CT molecular complexity index is 491. The molecule has 23 heavy (non-hydrogen) atoms. The van der Waals surface area contributed by atoms with Gasteiger partial charge in [-0.25, -0.2) is 4.99 Å². The second-order valence-corrected chi connectivity index (χ2v) is 7.02. The van der Waals surface area contributed by atoms with Gasteiger partial charge in [0.25, 0.3) is 0 Å². The minimum Gasteiger partial charge on any atom is -0.357 e. The molecule has 0 aromatic carbocycles. The van der Waals surface area contributed by atoms with Crippen LogP contribution < -0.4 is 10.6 Å². The molecule has 0 atom stereocenters. The molecule has 2 rings (SSSR count). The molecule has 1 aromatic rings. The number of guanidine groups is 1. The number of aliphatic imine (C=N–C) groups is 1. The third-order valence-electron chi connectivity index (χ3n) is 4.41. The van der Waals surface area contributed by atoms with E-state index in [1.807, 2.05) is 24.1 Å². The first-order chi connectivity index (χ1) is 10.5. The molecule has 132 valence electrons. The van der Waals surface area contributed by atoms with Crippen molar-refractivity contribution in [2.45, 2.75) is 53.0 Å². The van der Waals surface area contributed by atoms with Gasteiger partial charge in [0.1, 0.15) is 0 Å². The van der Waals surface area contributed by atoms with E-state index in [1.165, 1.54) is 25.7 Å². The average molecular weight is 433 g/mol. The standard InChI is InChI=1S/C17H31N5.HI/c1-5-18-16(19-10-15-11-21-22(4)12-15)20-13-17(7-6-8-17)9-14(2)3;/h11-12,14H,5-10,13H2,1-4H3,(H2,18,19,20);1H. The Kier molecular flexibility index (Phi) is 8.36. The summed E-state index contributed by atoms with van der Waals surface area (Å²) in [5.41, 5.74) is 1.62. The Balaban J connectivity index is 0.00000264. The second-order valence-electron chi connectivity index (χ2n) is 7.02. The van der Waals surface area contributed by atoms with Gasteiger partial charge < -0.3 is 10.6 Å². The minimum absolute atomic E-state index is 0. The Morgan fingerprint density at radius 2 is 2.13 bits per heavy atom. The van der Waals surface area contributed by atoms with Crippen LogP contribution >= 0.6 is 24.0 Å². The Morgan fingerprint density at radius 1 is 1.39 bits per heavy atom. The molecular weight excluding hydrogens is 401 g/mol. The molecule has 0 unspecified atom stereocenters. The van der Waals surface area contributed by atoms with Gasteiger partial charge in [-0.2, -0.15) is 5.10 Å². The zero-order valence-electron chi connectivity index (χ0n) is 14.9. The van der Waals surface area contributed by atoms with Crippen molar-refractivity contribution in [3.8, 4) is 0 Å². The van der Waals surface area contributed by atoms with Crippen molar-refractivity contribution in [2.24, 2.45) is 23.4 Å². The van der Waals surface area contributed by atoms with Crippen LogP contribution in [-0.4, -0.2) is 28.8 Å². The van der Waals surface area contributed by atoms with Gasteiger partial charge in [0.2, 0.25) is 0 Å². The zero-order chi connectivity index (χ0) is 16.0. The maximum atomic E-state index is 4.68. The maximum absolute atomic E-state index is 4.68. The van der Waals surface area contributed by atoms with Gasteiger partial charge >= 0.3 is 0 Å². The fourth-order valence-corrected chi connectivity index (χ4v) is 3.33. The molecule has 0 radical (unpaired) electrons. The number of rotatable bonds is 7. The summed E-state index contributed by atoms with van der Waals surface area (Å²) >= 11 is 0. The van der Waals surface area contributed by atoms with Crippen molar-refractivity contribution in [1.82, 2.24) is 20.4 Å². The van der Waals surface area contributed by atoms with Gasteiger partial charge in [0, 0.05) is 31.9 Å². The molecular formula is C17H32IN5. The Labute approximate surface area is 157 Å². The van der Waals surface area contributed by atoms with Crippen LogP contribution in [0, 0.1) is 11.3 Å². The van der Waals surface area contributed by atoms with Crippen LogP contribution in [0.5, 0.6) is 0 Å². The first-order valence-corrected chi connectivity index (χ1v) is 8.53. The van der Waals surface area contributed by atoms with Gasteiger partial charge in [-0.1, -0.05) is 20.3 Å². The molecule has 0 spiro atoms. The molecule has 5 nitrogen and oxygen atoms in total. The number of aryl methyl sites for hydroxylation is 1. The van der Waals surface area contributed by atoms with Crippen molar-refractivity contribution < 1.29 is 0 Å². The maximum Gasteiger partial charge on any atom is 0.191 e. The monoisotopic (exact) mass is 433 g/mol. The predicted octanol–water partition coefficient (Wildman–Crippen LogP) is 3.31. The lowest BCUT2D eigenvalue weighted by atomic mass is 9.64. The topological polar surface area (TPSA) is 54.2 Å². The van der Waals surface area contributed by atoms with Gasteiger partial charge in [-0.15, -0.1) is 24.0 Å². The van der Waals surface area contributed by atoms with E-state index >= 15 is 0 Å². The Morgan fingerprint density at radius 3 is 2.61 bits per heavy atom. The second kappa shape index (κ2) is 9.49. The lowest BCUT2D eigenvalue weighted by molar-refractivity contribution is 0.104. The quantitative estimate of drug-likeness (QED) is 0.394. The van der Waals surface area contributed by atoms with E-state index < -0.39 is 0 Å².